The largest absolute Gasteiger partial charge is 0.357 e. The van der Waals surface area contributed by atoms with E-state index >= 15 is 0 Å². The second-order valence-electron chi connectivity index (χ2n) is 7.29. The van der Waals surface area contributed by atoms with Crippen LogP contribution in [-0.4, -0.2) is 38.3 Å². The zero-order valence-electron chi connectivity index (χ0n) is 17.3. The lowest BCUT2D eigenvalue weighted by Crippen LogP contribution is -2.37. The van der Waals surface area contributed by atoms with Crippen LogP contribution in [-0.2, 0) is 23.1 Å². The number of halogens is 1. The first kappa shape index (κ1) is 22.2. The number of rotatable bonds is 7. The molecule has 1 heterocycles. The minimum Gasteiger partial charge on any atom is -0.357 e. The highest BCUT2D eigenvalue weighted by atomic mass is 32.2. The zero-order chi connectivity index (χ0) is 21.4. The molecule has 0 aliphatic carbocycles. The molecule has 0 radical (unpaired) electrons. The van der Waals surface area contributed by atoms with Gasteiger partial charge in [-0.3, -0.25) is 0 Å². The summed E-state index contributed by atoms with van der Waals surface area (Å²) in [6.45, 7) is 4.59. The van der Waals surface area contributed by atoms with Crippen LogP contribution in [0, 0.1) is 5.82 Å². The lowest BCUT2D eigenvalue weighted by molar-refractivity contribution is 0.346. The van der Waals surface area contributed by atoms with E-state index < -0.39 is 10.0 Å². The molecule has 0 aromatic heterocycles. The number of benzene rings is 2. The maximum absolute atomic E-state index is 13.3. The highest BCUT2D eigenvalue weighted by Gasteiger charge is 2.25. The Morgan fingerprint density at radius 3 is 2.50 bits per heavy atom. The van der Waals surface area contributed by atoms with Crippen LogP contribution in [0.25, 0.3) is 0 Å². The van der Waals surface area contributed by atoms with Gasteiger partial charge in [0.15, 0.2) is 5.96 Å². The van der Waals surface area contributed by atoms with Gasteiger partial charge in [0.25, 0.3) is 0 Å². The Morgan fingerprint density at radius 2 is 1.77 bits per heavy atom. The predicted molar refractivity (Wildman–Crippen MR) is 117 cm³/mol. The van der Waals surface area contributed by atoms with Crippen molar-refractivity contribution in [2.75, 3.05) is 19.6 Å². The van der Waals surface area contributed by atoms with Crippen LogP contribution < -0.4 is 10.6 Å². The van der Waals surface area contributed by atoms with Crippen molar-refractivity contribution in [1.29, 1.82) is 0 Å². The molecule has 8 heteroatoms. The van der Waals surface area contributed by atoms with Crippen LogP contribution in [0.2, 0.25) is 0 Å². The first-order valence-corrected chi connectivity index (χ1v) is 11.8. The first-order chi connectivity index (χ1) is 14.5. The molecule has 2 aromatic rings. The van der Waals surface area contributed by atoms with Gasteiger partial charge >= 0.3 is 0 Å². The summed E-state index contributed by atoms with van der Waals surface area (Å²) in [5.74, 6) is 0.304. The van der Waals surface area contributed by atoms with Gasteiger partial charge in [-0.15, -0.1) is 0 Å². The predicted octanol–water partition coefficient (Wildman–Crippen LogP) is 3.26. The highest BCUT2D eigenvalue weighted by Crippen LogP contribution is 2.21. The Kier molecular flexibility index (Phi) is 7.81. The summed E-state index contributed by atoms with van der Waals surface area (Å²) in [5.41, 5.74) is 1.63. The van der Waals surface area contributed by atoms with Gasteiger partial charge in [0.1, 0.15) is 5.82 Å². The third-order valence-electron chi connectivity index (χ3n) is 4.96. The Balaban J connectivity index is 1.67. The molecule has 0 amide bonds. The normalized spacial score (nSPS) is 15.7. The van der Waals surface area contributed by atoms with E-state index in [1.165, 1.54) is 12.1 Å². The number of sulfonamides is 1. The van der Waals surface area contributed by atoms with Gasteiger partial charge in [-0.1, -0.05) is 30.7 Å². The Hall–Kier alpha value is -2.45. The quantitative estimate of drug-likeness (QED) is 0.520. The summed E-state index contributed by atoms with van der Waals surface area (Å²) >= 11 is 0. The van der Waals surface area contributed by atoms with Gasteiger partial charge in [-0.25, -0.2) is 17.8 Å². The Bertz CT molecular complexity index is 973. The van der Waals surface area contributed by atoms with Crippen LogP contribution in [0.15, 0.2) is 58.4 Å². The number of hydrogen-bond acceptors (Lipinski definition) is 3. The van der Waals surface area contributed by atoms with Crippen LogP contribution >= 0.6 is 0 Å². The van der Waals surface area contributed by atoms with Crippen molar-refractivity contribution in [2.45, 2.75) is 44.2 Å². The number of piperidine rings is 1. The molecule has 0 unspecified atom stereocenters. The average Bonchev–Trinajstić information content (AvgIpc) is 2.76. The minimum absolute atomic E-state index is 0.285. The maximum atomic E-state index is 13.3. The van der Waals surface area contributed by atoms with E-state index in [-0.39, 0.29) is 5.82 Å². The molecule has 0 bridgehead atoms. The van der Waals surface area contributed by atoms with E-state index in [2.05, 4.69) is 15.6 Å². The van der Waals surface area contributed by atoms with Crippen LogP contribution in [0.1, 0.15) is 37.3 Å². The van der Waals surface area contributed by atoms with E-state index in [0.717, 1.165) is 30.4 Å². The molecule has 6 nitrogen and oxygen atoms in total. The maximum Gasteiger partial charge on any atom is 0.243 e. The van der Waals surface area contributed by atoms with E-state index in [1.54, 1.807) is 28.6 Å². The van der Waals surface area contributed by atoms with Gasteiger partial charge in [0.2, 0.25) is 10.0 Å². The molecule has 30 heavy (non-hydrogen) atoms. The standard InChI is InChI=1S/C22H29FN4O2S/c1-2-24-22(25-16-18-8-6-10-20(23)14-18)26-17-19-9-7-11-21(15-19)30(28,29)27-12-4-3-5-13-27/h6-11,14-15H,2-5,12-13,16-17H2,1H3,(H2,24,25,26). The summed E-state index contributed by atoms with van der Waals surface area (Å²) < 4.78 is 40.7. The molecule has 1 saturated heterocycles. The van der Waals surface area contributed by atoms with Crippen molar-refractivity contribution >= 4 is 16.0 Å². The molecule has 0 saturated carbocycles. The smallest absolute Gasteiger partial charge is 0.243 e. The monoisotopic (exact) mass is 432 g/mol. The topological polar surface area (TPSA) is 73.8 Å². The van der Waals surface area contributed by atoms with Gasteiger partial charge in [-0.2, -0.15) is 4.31 Å². The number of nitrogens with zero attached hydrogens (tertiary/aromatic N) is 2. The molecule has 162 valence electrons. The van der Waals surface area contributed by atoms with Crippen molar-refractivity contribution in [1.82, 2.24) is 14.9 Å². The average molecular weight is 433 g/mol. The summed E-state index contributed by atoms with van der Waals surface area (Å²) in [7, 11) is -3.46. The number of guanidine groups is 1. The summed E-state index contributed by atoms with van der Waals surface area (Å²) in [5, 5.41) is 6.37. The fraction of sp³-hybridized carbons (Fsp3) is 0.409. The number of hydrogen-bond donors (Lipinski definition) is 2. The van der Waals surface area contributed by atoms with E-state index in [9.17, 15) is 12.8 Å². The van der Waals surface area contributed by atoms with E-state index in [1.807, 2.05) is 19.1 Å². The Labute approximate surface area is 178 Å². The number of aliphatic imine (C=N–C) groups is 1. The molecular weight excluding hydrogens is 403 g/mol. The molecule has 0 spiro atoms. The van der Waals surface area contributed by atoms with Gasteiger partial charge in [0, 0.05) is 26.2 Å². The molecule has 2 aromatic carbocycles. The minimum atomic E-state index is -3.46. The van der Waals surface area contributed by atoms with Crippen LogP contribution in [0.3, 0.4) is 0 Å². The second kappa shape index (κ2) is 10.5. The summed E-state index contributed by atoms with van der Waals surface area (Å²) in [6, 6.07) is 13.4. The molecule has 1 aliphatic heterocycles. The molecule has 1 aliphatic rings. The Morgan fingerprint density at radius 1 is 1.03 bits per heavy atom. The van der Waals surface area contributed by atoms with Crippen molar-refractivity contribution in [3.05, 3.63) is 65.5 Å². The molecule has 3 rings (SSSR count). The summed E-state index contributed by atoms with van der Waals surface area (Å²) in [4.78, 5) is 4.81. The molecule has 0 atom stereocenters. The highest BCUT2D eigenvalue weighted by molar-refractivity contribution is 7.89. The van der Waals surface area contributed by atoms with Crippen molar-refractivity contribution < 1.29 is 12.8 Å². The third-order valence-corrected chi connectivity index (χ3v) is 6.86. The van der Waals surface area contributed by atoms with Gasteiger partial charge in [-0.05, 0) is 55.2 Å². The van der Waals surface area contributed by atoms with E-state index in [0.29, 0.717) is 43.6 Å². The number of nitrogens with one attached hydrogen (secondary N) is 2. The third kappa shape index (κ3) is 6.03. The van der Waals surface area contributed by atoms with Crippen LogP contribution in [0.5, 0.6) is 0 Å². The first-order valence-electron chi connectivity index (χ1n) is 10.3. The van der Waals surface area contributed by atoms with Gasteiger partial charge in [0.05, 0.1) is 11.4 Å². The summed E-state index contributed by atoms with van der Waals surface area (Å²) in [6.07, 6.45) is 2.90. The SMILES string of the molecule is CCNC(=NCc1cccc(F)c1)NCc1cccc(S(=O)(=O)N2CCCCC2)c1. The fourth-order valence-corrected chi connectivity index (χ4v) is 4.99. The molecular formula is C22H29FN4O2S. The lowest BCUT2D eigenvalue weighted by atomic mass is 10.2. The van der Waals surface area contributed by atoms with Crippen LogP contribution in [0.4, 0.5) is 4.39 Å². The fourth-order valence-electron chi connectivity index (χ4n) is 3.40. The van der Waals surface area contributed by atoms with Crippen molar-refractivity contribution in [2.24, 2.45) is 4.99 Å². The van der Waals surface area contributed by atoms with Gasteiger partial charge < -0.3 is 10.6 Å². The van der Waals surface area contributed by atoms with E-state index in [4.69, 9.17) is 0 Å². The zero-order valence-corrected chi connectivity index (χ0v) is 18.1. The lowest BCUT2D eigenvalue weighted by Gasteiger charge is -2.26. The molecule has 1 fully saturated rings. The second-order valence-corrected chi connectivity index (χ2v) is 9.23. The molecule has 2 N–H and O–H groups in total. The van der Waals surface area contributed by atoms with Crippen molar-refractivity contribution in [3.63, 3.8) is 0 Å². The van der Waals surface area contributed by atoms with Crippen molar-refractivity contribution in [3.8, 4) is 0 Å².